The summed E-state index contributed by atoms with van der Waals surface area (Å²) in [6, 6.07) is 11.1. The lowest BCUT2D eigenvalue weighted by Gasteiger charge is -2.49. The number of para-hydroxylation sites is 1. The first-order valence-electron chi connectivity index (χ1n) is 6.94. The van der Waals surface area contributed by atoms with Crippen molar-refractivity contribution in [2.24, 2.45) is 0 Å². The molecule has 0 radical (unpaired) electrons. The molecule has 0 fully saturated rings. The van der Waals surface area contributed by atoms with Gasteiger partial charge in [0.2, 0.25) is 18.0 Å². The third kappa shape index (κ3) is 1.93. The van der Waals surface area contributed by atoms with E-state index in [4.69, 9.17) is 0 Å². The third-order valence-corrected chi connectivity index (χ3v) is 4.00. The van der Waals surface area contributed by atoms with Crippen molar-refractivity contribution in [2.75, 3.05) is 4.90 Å². The van der Waals surface area contributed by atoms with E-state index in [1.54, 1.807) is 31.2 Å². The number of carbonyl (C=O) groups is 2. The summed E-state index contributed by atoms with van der Waals surface area (Å²) in [5.41, 5.74) is -0.186. The Labute approximate surface area is 129 Å². The highest BCUT2D eigenvalue weighted by Gasteiger charge is 2.51. The molecule has 6 nitrogen and oxygen atoms in total. The molecule has 2 amide bonds. The molecular formula is C16H16N4O2. The van der Waals surface area contributed by atoms with Crippen LogP contribution in [0.5, 0.6) is 0 Å². The van der Waals surface area contributed by atoms with Crippen LogP contribution in [-0.4, -0.2) is 22.9 Å². The minimum atomic E-state index is -1.26. The number of amides is 2. The Hall–Kier alpha value is -2.86. The third-order valence-electron chi connectivity index (χ3n) is 4.00. The number of nitriles is 2. The average molecular weight is 296 g/mol. The lowest BCUT2D eigenvalue weighted by molar-refractivity contribution is -0.137. The molecular weight excluding hydrogens is 280 g/mol. The maximum absolute atomic E-state index is 12.2. The van der Waals surface area contributed by atoms with Crippen LogP contribution in [0.15, 0.2) is 24.3 Å². The van der Waals surface area contributed by atoms with E-state index in [9.17, 15) is 20.1 Å². The van der Waals surface area contributed by atoms with Gasteiger partial charge in [-0.25, -0.2) is 0 Å². The Morgan fingerprint density at radius 1 is 1.23 bits per heavy atom. The molecule has 1 aromatic carbocycles. The summed E-state index contributed by atoms with van der Waals surface area (Å²) in [6.07, 6.45) is -0.811. The van der Waals surface area contributed by atoms with Gasteiger partial charge in [-0.15, -0.1) is 0 Å². The predicted octanol–water partition coefficient (Wildman–Crippen LogP) is 1.88. The summed E-state index contributed by atoms with van der Waals surface area (Å²) in [5, 5.41) is 19.3. The Balaban J connectivity index is 2.88. The van der Waals surface area contributed by atoms with Crippen molar-refractivity contribution in [3.63, 3.8) is 0 Å². The molecule has 1 aliphatic rings. The number of carbonyl (C=O) groups excluding carboxylic acids is 2. The molecule has 0 N–H and O–H groups in total. The topological polar surface area (TPSA) is 88.2 Å². The van der Waals surface area contributed by atoms with Gasteiger partial charge in [-0.1, -0.05) is 25.1 Å². The Bertz CT molecular complexity index is 716. The maximum Gasteiger partial charge on any atom is 0.226 e. The summed E-state index contributed by atoms with van der Waals surface area (Å²) in [5.74, 6) is -0.774. The highest BCUT2D eigenvalue weighted by atomic mass is 16.2. The van der Waals surface area contributed by atoms with Gasteiger partial charge >= 0.3 is 0 Å². The number of fused-ring (bicyclic) bond motifs is 1. The van der Waals surface area contributed by atoms with E-state index in [0.29, 0.717) is 17.7 Å². The Morgan fingerprint density at radius 2 is 1.86 bits per heavy atom. The molecule has 0 aromatic heterocycles. The van der Waals surface area contributed by atoms with Crippen molar-refractivity contribution >= 4 is 17.5 Å². The molecule has 112 valence electrons. The van der Waals surface area contributed by atoms with Gasteiger partial charge in [0.05, 0.1) is 11.8 Å². The quantitative estimate of drug-likeness (QED) is 0.791. The van der Waals surface area contributed by atoms with Crippen LogP contribution >= 0.6 is 0 Å². The first-order valence-corrected chi connectivity index (χ1v) is 6.94. The number of rotatable bonds is 1. The fourth-order valence-electron chi connectivity index (χ4n) is 3.07. The second kappa shape index (κ2) is 5.50. The molecule has 0 saturated carbocycles. The van der Waals surface area contributed by atoms with E-state index >= 15 is 0 Å². The first kappa shape index (κ1) is 15.5. The van der Waals surface area contributed by atoms with Crippen LogP contribution in [-0.2, 0) is 15.1 Å². The van der Waals surface area contributed by atoms with Crippen LogP contribution in [0.2, 0.25) is 0 Å². The zero-order valence-electron chi connectivity index (χ0n) is 12.7. The molecule has 1 aliphatic heterocycles. The molecule has 1 heterocycles. The molecule has 0 spiro atoms. The summed E-state index contributed by atoms with van der Waals surface area (Å²) in [6.45, 7) is 4.43. The molecule has 2 unspecified atom stereocenters. The smallest absolute Gasteiger partial charge is 0.226 e. The molecule has 2 rings (SSSR count). The minimum Gasteiger partial charge on any atom is -0.286 e. The van der Waals surface area contributed by atoms with Gasteiger partial charge in [0.15, 0.2) is 5.54 Å². The average Bonchev–Trinajstić information content (AvgIpc) is 2.51. The van der Waals surface area contributed by atoms with Crippen LogP contribution in [0.3, 0.4) is 0 Å². The van der Waals surface area contributed by atoms with Crippen molar-refractivity contribution in [1.82, 2.24) is 4.90 Å². The minimum absolute atomic E-state index is 0.323. The van der Waals surface area contributed by atoms with E-state index in [2.05, 4.69) is 6.07 Å². The predicted molar refractivity (Wildman–Crippen MR) is 79.1 cm³/mol. The van der Waals surface area contributed by atoms with E-state index in [1.807, 2.05) is 6.07 Å². The molecule has 22 heavy (non-hydrogen) atoms. The fraction of sp³-hybridized carbons (Fsp3) is 0.375. The van der Waals surface area contributed by atoms with Crippen molar-refractivity contribution in [3.05, 3.63) is 29.8 Å². The second-order valence-electron chi connectivity index (χ2n) is 5.12. The number of hydrogen-bond donors (Lipinski definition) is 0. The summed E-state index contributed by atoms with van der Waals surface area (Å²) >= 11 is 0. The highest BCUT2D eigenvalue weighted by Crippen LogP contribution is 2.44. The molecule has 6 heteroatoms. The molecule has 1 aromatic rings. The maximum atomic E-state index is 12.2. The van der Waals surface area contributed by atoms with Crippen LogP contribution in [0, 0.1) is 22.7 Å². The number of benzene rings is 1. The zero-order valence-corrected chi connectivity index (χ0v) is 12.7. The van der Waals surface area contributed by atoms with E-state index < -0.39 is 17.6 Å². The SMILES string of the molecule is CCC1(C#N)c2ccccc2N(C(C)=O)C(C#N)N1C(C)=O. The van der Waals surface area contributed by atoms with Crippen LogP contribution < -0.4 is 4.90 Å². The van der Waals surface area contributed by atoms with Crippen molar-refractivity contribution in [2.45, 2.75) is 38.9 Å². The summed E-state index contributed by atoms with van der Waals surface area (Å²) in [4.78, 5) is 26.7. The first-order chi connectivity index (χ1) is 10.4. The second-order valence-corrected chi connectivity index (χ2v) is 5.12. The highest BCUT2D eigenvalue weighted by molar-refractivity contribution is 5.96. The van der Waals surface area contributed by atoms with Crippen LogP contribution in [0.1, 0.15) is 32.8 Å². The van der Waals surface area contributed by atoms with Gasteiger partial charge in [-0.3, -0.25) is 19.4 Å². The largest absolute Gasteiger partial charge is 0.286 e. The van der Waals surface area contributed by atoms with Crippen molar-refractivity contribution in [3.8, 4) is 12.1 Å². The van der Waals surface area contributed by atoms with Gasteiger partial charge < -0.3 is 0 Å². The van der Waals surface area contributed by atoms with Gasteiger partial charge in [0, 0.05) is 19.4 Å². The monoisotopic (exact) mass is 296 g/mol. The lowest BCUT2D eigenvalue weighted by atomic mass is 9.82. The number of anilines is 1. The molecule has 2 atom stereocenters. The van der Waals surface area contributed by atoms with Gasteiger partial charge in [0.1, 0.15) is 6.07 Å². The van der Waals surface area contributed by atoms with E-state index in [1.165, 1.54) is 23.6 Å². The molecule has 0 saturated heterocycles. The van der Waals surface area contributed by atoms with E-state index in [0.717, 1.165) is 0 Å². The fourth-order valence-corrected chi connectivity index (χ4v) is 3.07. The standard InChI is InChI=1S/C16H16N4O2/c1-4-16(10-18)13-7-5-6-8-14(13)19(11(2)21)15(9-17)20(16)12(3)22/h5-8,15H,4H2,1-3H3. The van der Waals surface area contributed by atoms with Gasteiger partial charge in [-0.2, -0.15) is 10.5 Å². The normalized spacial score (nSPS) is 23.2. The number of hydrogen-bond acceptors (Lipinski definition) is 4. The van der Waals surface area contributed by atoms with Crippen molar-refractivity contribution in [1.29, 1.82) is 10.5 Å². The Kier molecular flexibility index (Phi) is 3.88. The lowest BCUT2D eigenvalue weighted by Crippen LogP contribution is -2.63. The van der Waals surface area contributed by atoms with Crippen LogP contribution in [0.4, 0.5) is 5.69 Å². The molecule has 0 bridgehead atoms. The van der Waals surface area contributed by atoms with E-state index in [-0.39, 0.29) is 5.91 Å². The van der Waals surface area contributed by atoms with Gasteiger partial charge in [0.25, 0.3) is 0 Å². The summed E-state index contributed by atoms with van der Waals surface area (Å²) < 4.78 is 0. The van der Waals surface area contributed by atoms with Crippen molar-refractivity contribution < 1.29 is 9.59 Å². The molecule has 0 aliphatic carbocycles. The van der Waals surface area contributed by atoms with Crippen LogP contribution in [0.25, 0.3) is 0 Å². The summed E-state index contributed by atoms with van der Waals surface area (Å²) in [7, 11) is 0. The number of nitrogens with zero attached hydrogens (tertiary/aromatic N) is 4. The Morgan fingerprint density at radius 3 is 2.32 bits per heavy atom. The zero-order chi connectivity index (χ0) is 16.5. The van der Waals surface area contributed by atoms with Gasteiger partial charge in [-0.05, 0) is 12.5 Å².